The lowest BCUT2D eigenvalue weighted by molar-refractivity contribution is 0.130. The van der Waals surface area contributed by atoms with Crippen molar-refractivity contribution in [2.45, 2.75) is 26.2 Å². The van der Waals surface area contributed by atoms with Gasteiger partial charge in [0.15, 0.2) is 5.82 Å². The lowest BCUT2D eigenvalue weighted by Crippen LogP contribution is -2.32. The molecule has 2 rings (SSSR count). The summed E-state index contributed by atoms with van der Waals surface area (Å²) < 4.78 is 41.7. The highest BCUT2D eigenvalue weighted by molar-refractivity contribution is 9.10. The molecule has 0 aliphatic heterocycles. The van der Waals surface area contributed by atoms with E-state index in [-0.39, 0.29) is 31.5 Å². The molecule has 1 aromatic carbocycles. The molecule has 0 aliphatic carbocycles. The van der Waals surface area contributed by atoms with Crippen molar-refractivity contribution < 1.29 is 23.0 Å². The molecular formula is C19H27BrN4O5S. The Balaban J connectivity index is 2.12. The van der Waals surface area contributed by atoms with Crippen LogP contribution in [0.5, 0.6) is 5.88 Å². The van der Waals surface area contributed by atoms with Crippen molar-refractivity contribution in [1.29, 1.82) is 0 Å². The minimum absolute atomic E-state index is 0.0169. The largest absolute Gasteiger partial charge is 0.475 e. The molecule has 2 aromatic rings. The fourth-order valence-corrected chi connectivity index (χ4v) is 3.63. The second-order valence-corrected chi connectivity index (χ2v) is 8.72. The van der Waals surface area contributed by atoms with Crippen LogP contribution in [-0.2, 0) is 14.9 Å². The Labute approximate surface area is 185 Å². The highest BCUT2D eigenvalue weighted by atomic mass is 79.9. The maximum Gasteiger partial charge on any atom is 0.300 e. The first-order valence-corrected chi connectivity index (χ1v) is 11.9. The Bertz CT molecular complexity index is 881. The first kappa shape index (κ1) is 24.5. The van der Waals surface area contributed by atoms with Gasteiger partial charge in [-0.15, -0.1) is 0 Å². The highest BCUT2D eigenvalue weighted by Crippen LogP contribution is 2.34. The number of nitrogens with one attached hydrogen (secondary N) is 2. The molecule has 166 valence electrons. The number of hydrogen-bond donors (Lipinski definition) is 3. The first-order chi connectivity index (χ1) is 14.5. The third-order valence-corrected chi connectivity index (χ3v) is 5.48. The monoisotopic (exact) mass is 502 g/mol. The van der Waals surface area contributed by atoms with Crippen LogP contribution in [0.1, 0.15) is 26.2 Å². The summed E-state index contributed by atoms with van der Waals surface area (Å²) in [5.74, 6) is 0.246. The van der Waals surface area contributed by atoms with E-state index in [9.17, 15) is 8.42 Å². The van der Waals surface area contributed by atoms with Crippen LogP contribution < -0.4 is 14.2 Å². The smallest absolute Gasteiger partial charge is 0.300 e. The first-order valence-electron chi connectivity index (χ1n) is 9.66. The van der Waals surface area contributed by atoms with Gasteiger partial charge >= 0.3 is 0 Å². The second kappa shape index (κ2) is 12.8. The maximum absolute atomic E-state index is 12.5. The zero-order chi connectivity index (χ0) is 21.8. The SMILES string of the molecule is CCCCOCCCNS(=O)(=O)Nc1ncnc(OCCO)c1-c1ccc(Br)cc1. The van der Waals surface area contributed by atoms with Crippen molar-refractivity contribution in [3.05, 3.63) is 35.1 Å². The number of aliphatic hydroxyl groups excluding tert-OH is 1. The van der Waals surface area contributed by atoms with E-state index in [1.807, 2.05) is 12.1 Å². The summed E-state index contributed by atoms with van der Waals surface area (Å²) in [6.45, 7) is 3.29. The molecule has 30 heavy (non-hydrogen) atoms. The van der Waals surface area contributed by atoms with E-state index in [1.54, 1.807) is 12.1 Å². The van der Waals surface area contributed by atoms with Gasteiger partial charge in [0.05, 0.1) is 12.2 Å². The molecule has 0 amide bonds. The van der Waals surface area contributed by atoms with Crippen LogP contribution in [-0.4, -0.2) is 56.5 Å². The Hall–Kier alpha value is -1.79. The van der Waals surface area contributed by atoms with Gasteiger partial charge in [0.2, 0.25) is 5.88 Å². The fourth-order valence-electron chi connectivity index (χ4n) is 2.47. The third kappa shape index (κ3) is 8.15. The zero-order valence-electron chi connectivity index (χ0n) is 16.8. The van der Waals surface area contributed by atoms with E-state index in [2.05, 4.69) is 42.3 Å². The van der Waals surface area contributed by atoms with E-state index < -0.39 is 10.2 Å². The zero-order valence-corrected chi connectivity index (χ0v) is 19.2. The summed E-state index contributed by atoms with van der Waals surface area (Å²) in [7, 11) is -3.87. The number of halogens is 1. The van der Waals surface area contributed by atoms with Gasteiger partial charge in [-0.3, -0.25) is 4.72 Å². The van der Waals surface area contributed by atoms with Crippen LogP contribution >= 0.6 is 15.9 Å². The van der Waals surface area contributed by atoms with Gasteiger partial charge in [0.1, 0.15) is 12.9 Å². The van der Waals surface area contributed by atoms with Crippen molar-refractivity contribution in [2.75, 3.05) is 37.7 Å². The van der Waals surface area contributed by atoms with Gasteiger partial charge in [-0.05, 0) is 30.5 Å². The topological polar surface area (TPSA) is 123 Å². The predicted octanol–water partition coefficient (Wildman–Crippen LogP) is 2.73. The molecule has 0 fully saturated rings. The van der Waals surface area contributed by atoms with Crippen LogP contribution in [0.25, 0.3) is 11.1 Å². The Morgan fingerprint density at radius 2 is 1.83 bits per heavy atom. The number of hydrogen-bond acceptors (Lipinski definition) is 7. The standard InChI is InChI=1S/C19H27BrN4O5S/c1-2-3-11-28-12-4-9-23-30(26,27)24-18-17(15-5-7-16(20)8-6-15)19(22-14-21-18)29-13-10-25/h5-8,14,23,25H,2-4,9-13H2,1H3,(H,21,22,24). The molecule has 0 bridgehead atoms. The number of nitrogens with zero attached hydrogens (tertiary/aromatic N) is 2. The summed E-state index contributed by atoms with van der Waals surface area (Å²) in [5.41, 5.74) is 1.04. The molecular weight excluding hydrogens is 476 g/mol. The lowest BCUT2D eigenvalue weighted by Gasteiger charge is -2.15. The van der Waals surface area contributed by atoms with Crippen molar-refractivity contribution in [1.82, 2.24) is 14.7 Å². The number of unbranched alkanes of at least 4 members (excludes halogenated alkanes) is 1. The van der Waals surface area contributed by atoms with Crippen LogP contribution in [0, 0.1) is 0 Å². The number of rotatable bonds is 14. The Morgan fingerprint density at radius 3 is 2.53 bits per heavy atom. The van der Waals surface area contributed by atoms with E-state index in [0.29, 0.717) is 30.8 Å². The summed E-state index contributed by atoms with van der Waals surface area (Å²) in [4.78, 5) is 8.18. The number of aromatic nitrogens is 2. The van der Waals surface area contributed by atoms with E-state index >= 15 is 0 Å². The quantitative estimate of drug-likeness (QED) is 0.339. The highest BCUT2D eigenvalue weighted by Gasteiger charge is 2.19. The second-order valence-electron chi connectivity index (χ2n) is 6.30. The summed E-state index contributed by atoms with van der Waals surface area (Å²) >= 11 is 3.37. The number of anilines is 1. The van der Waals surface area contributed by atoms with Crippen LogP contribution in [0.2, 0.25) is 0 Å². The molecule has 0 unspecified atom stereocenters. The fraction of sp³-hybridized carbons (Fsp3) is 0.474. The molecule has 0 spiro atoms. The number of ether oxygens (including phenoxy) is 2. The lowest BCUT2D eigenvalue weighted by atomic mass is 10.1. The van der Waals surface area contributed by atoms with Gasteiger partial charge in [-0.2, -0.15) is 13.1 Å². The average molecular weight is 503 g/mol. The normalized spacial score (nSPS) is 11.4. The van der Waals surface area contributed by atoms with Crippen molar-refractivity contribution in [2.24, 2.45) is 0 Å². The van der Waals surface area contributed by atoms with E-state index in [1.165, 1.54) is 6.33 Å². The van der Waals surface area contributed by atoms with E-state index in [0.717, 1.165) is 17.3 Å². The molecule has 1 aromatic heterocycles. The van der Waals surface area contributed by atoms with Gasteiger partial charge in [-0.1, -0.05) is 41.4 Å². The van der Waals surface area contributed by atoms with Gasteiger partial charge < -0.3 is 14.6 Å². The minimum Gasteiger partial charge on any atom is -0.475 e. The molecule has 0 saturated carbocycles. The van der Waals surface area contributed by atoms with Crippen molar-refractivity contribution in [3.8, 4) is 17.0 Å². The molecule has 0 atom stereocenters. The molecule has 3 N–H and O–H groups in total. The number of aliphatic hydroxyl groups is 1. The van der Waals surface area contributed by atoms with E-state index in [4.69, 9.17) is 14.6 Å². The molecule has 0 aliphatic rings. The molecule has 11 heteroatoms. The van der Waals surface area contributed by atoms with Crippen molar-refractivity contribution in [3.63, 3.8) is 0 Å². The van der Waals surface area contributed by atoms with Gasteiger partial charge in [-0.25, -0.2) is 9.97 Å². The molecule has 0 saturated heterocycles. The maximum atomic E-state index is 12.5. The van der Waals surface area contributed by atoms with Crippen LogP contribution in [0.15, 0.2) is 35.1 Å². The van der Waals surface area contributed by atoms with Crippen molar-refractivity contribution >= 4 is 32.0 Å². The van der Waals surface area contributed by atoms with Crippen LogP contribution in [0.3, 0.4) is 0 Å². The Kier molecular flexibility index (Phi) is 10.4. The van der Waals surface area contributed by atoms with Gasteiger partial charge in [0.25, 0.3) is 10.2 Å². The summed E-state index contributed by atoms with van der Waals surface area (Å²) in [6.07, 6.45) is 3.80. The predicted molar refractivity (Wildman–Crippen MR) is 119 cm³/mol. The average Bonchev–Trinajstić information content (AvgIpc) is 2.72. The summed E-state index contributed by atoms with van der Waals surface area (Å²) in [5, 5.41) is 9.06. The van der Waals surface area contributed by atoms with Crippen LogP contribution in [0.4, 0.5) is 5.82 Å². The molecule has 0 radical (unpaired) electrons. The molecule has 1 heterocycles. The third-order valence-electron chi connectivity index (χ3n) is 3.91. The van der Waals surface area contributed by atoms with Gasteiger partial charge in [0, 0.05) is 24.2 Å². The Morgan fingerprint density at radius 1 is 1.10 bits per heavy atom. The summed E-state index contributed by atoms with van der Waals surface area (Å²) in [6, 6.07) is 7.20. The number of benzene rings is 1. The molecule has 9 nitrogen and oxygen atoms in total. The minimum atomic E-state index is -3.87.